The van der Waals surface area contributed by atoms with Gasteiger partial charge in [-0.25, -0.2) is 0 Å². The number of nitro groups is 1. The molecule has 3 aromatic carbocycles. The Hall–Kier alpha value is -3.54. The summed E-state index contributed by atoms with van der Waals surface area (Å²) in [5.74, 6) is 0.139. The highest BCUT2D eigenvalue weighted by Gasteiger charge is 2.52. The first-order valence-corrected chi connectivity index (χ1v) is 17.3. The predicted molar refractivity (Wildman–Crippen MR) is 168 cm³/mol. The predicted octanol–water partition coefficient (Wildman–Crippen LogP) is 8.98. The van der Waals surface area contributed by atoms with Crippen LogP contribution in [0.4, 0.5) is 0 Å². The summed E-state index contributed by atoms with van der Waals surface area (Å²) >= 11 is 0. The molecule has 0 saturated heterocycles. The van der Waals surface area contributed by atoms with Gasteiger partial charge in [0.25, 0.3) is 0 Å². The van der Waals surface area contributed by atoms with Crippen LogP contribution in [0.15, 0.2) is 127 Å². The SMILES string of the molecule is C=CCC[Si](C)(C)C(CC1=CCC(OC)([N+](=O)[O-])C=C1)(Cc1ccccc1)C(c1ccccc1)c1ccccc1. The highest BCUT2D eigenvalue weighted by molar-refractivity contribution is 6.80. The second kappa shape index (κ2) is 12.8. The fraction of sp³-hybridized carbons (Fsp3) is 0.314. The van der Waals surface area contributed by atoms with Crippen LogP contribution in [0, 0.1) is 10.1 Å². The molecule has 1 aliphatic carbocycles. The molecular formula is C35H41NO3Si. The van der Waals surface area contributed by atoms with Crippen molar-refractivity contribution in [2.24, 2.45) is 0 Å². The largest absolute Gasteiger partial charge is 0.347 e. The number of rotatable bonds is 13. The standard InChI is InChI=1S/C35H41NO3Si/c1-5-6-26-40(3,4)34(27-29-16-10-7-11-17-29,28-30-22-24-35(39-2,25-23-30)36(37)38)33(31-18-12-8-13-19-31)32-20-14-9-15-21-32/h5,7-24,33H,1,6,25-28H2,2-4H3. The zero-order valence-corrected chi connectivity index (χ0v) is 25.0. The first-order valence-electron chi connectivity index (χ1n) is 14.1. The molecule has 0 N–H and O–H groups in total. The van der Waals surface area contributed by atoms with Crippen molar-refractivity contribution in [3.05, 3.63) is 154 Å². The van der Waals surface area contributed by atoms with Gasteiger partial charge in [0.15, 0.2) is 0 Å². The maximum absolute atomic E-state index is 11.9. The minimum atomic E-state index is -2.08. The third kappa shape index (κ3) is 6.11. The fourth-order valence-electron chi connectivity index (χ4n) is 6.44. The van der Waals surface area contributed by atoms with Gasteiger partial charge in [0.2, 0.25) is 0 Å². The number of methoxy groups -OCH3 is 1. The Morgan fingerprint density at radius 3 is 1.98 bits per heavy atom. The van der Waals surface area contributed by atoms with Crippen LogP contribution in [0.5, 0.6) is 0 Å². The van der Waals surface area contributed by atoms with Crippen LogP contribution >= 0.6 is 0 Å². The van der Waals surface area contributed by atoms with E-state index in [0.29, 0.717) is 0 Å². The second-order valence-corrected chi connectivity index (χ2v) is 16.8. The topological polar surface area (TPSA) is 52.4 Å². The number of nitrogens with zero attached hydrogens (tertiary/aromatic N) is 1. The Morgan fingerprint density at radius 2 is 1.52 bits per heavy atom. The lowest BCUT2D eigenvalue weighted by Gasteiger charge is -2.52. The van der Waals surface area contributed by atoms with E-state index in [1.54, 1.807) is 6.08 Å². The lowest BCUT2D eigenvalue weighted by atomic mass is 9.73. The van der Waals surface area contributed by atoms with Gasteiger partial charge < -0.3 is 4.74 Å². The van der Waals surface area contributed by atoms with Gasteiger partial charge in [-0.15, -0.1) is 6.58 Å². The molecule has 208 valence electrons. The van der Waals surface area contributed by atoms with Crippen LogP contribution in [-0.4, -0.2) is 25.8 Å². The minimum Gasteiger partial charge on any atom is -0.315 e. The maximum atomic E-state index is 11.9. The molecule has 5 heteroatoms. The lowest BCUT2D eigenvalue weighted by Crippen LogP contribution is -2.48. The monoisotopic (exact) mass is 551 g/mol. The normalized spacial score (nSPS) is 18.6. The number of benzene rings is 3. The summed E-state index contributed by atoms with van der Waals surface area (Å²) in [6.07, 6.45) is 10.6. The van der Waals surface area contributed by atoms with E-state index in [-0.39, 0.29) is 22.3 Å². The molecule has 0 amide bonds. The molecule has 2 atom stereocenters. The summed E-state index contributed by atoms with van der Waals surface area (Å²) in [4.78, 5) is 11.6. The Morgan fingerprint density at radius 1 is 0.975 bits per heavy atom. The zero-order chi connectivity index (χ0) is 28.6. The van der Waals surface area contributed by atoms with Crippen LogP contribution in [0.3, 0.4) is 0 Å². The summed E-state index contributed by atoms with van der Waals surface area (Å²) in [6.45, 7) is 9.13. The molecule has 0 bridgehead atoms. The van der Waals surface area contributed by atoms with E-state index in [1.807, 2.05) is 18.2 Å². The summed E-state index contributed by atoms with van der Waals surface area (Å²) < 4.78 is 5.39. The highest BCUT2D eigenvalue weighted by Crippen LogP contribution is 2.61. The Labute approximate surface area is 240 Å². The summed E-state index contributed by atoms with van der Waals surface area (Å²) in [5.41, 5.74) is 3.57. The summed E-state index contributed by atoms with van der Waals surface area (Å²) in [7, 11) is -0.662. The molecule has 0 saturated carbocycles. The molecule has 1 aliphatic rings. The molecule has 0 spiro atoms. The van der Waals surface area contributed by atoms with Gasteiger partial charge in [-0.1, -0.05) is 134 Å². The van der Waals surface area contributed by atoms with Gasteiger partial charge in [-0.3, -0.25) is 10.1 Å². The van der Waals surface area contributed by atoms with E-state index in [0.717, 1.165) is 30.9 Å². The molecule has 0 radical (unpaired) electrons. The molecular weight excluding hydrogens is 510 g/mol. The van der Waals surface area contributed by atoms with Crippen molar-refractivity contribution in [2.75, 3.05) is 7.11 Å². The molecule has 0 aromatic heterocycles. The van der Waals surface area contributed by atoms with E-state index < -0.39 is 13.8 Å². The third-order valence-electron chi connectivity index (χ3n) is 8.90. The molecule has 0 fully saturated rings. The van der Waals surface area contributed by atoms with Gasteiger partial charge in [0.1, 0.15) is 0 Å². The van der Waals surface area contributed by atoms with E-state index in [9.17, 15) is 10.1 Å². The first kappa shape index (κ1) is 29.4. The molecule has 4 nitrogen and oxygen atoms in total. The van der Waals surface area contributed by atoms with Gasteiger partial charge in [0, 0.05) is 19.1 Å². The minimum absolute atomic E-state index is 0.139. The molecule has 0 aliphatic heterocycles. The van der Waals surface area contributed by atoms with Crippen molar-refractivity contribution in [3.63, 3.8) is 0 Å². The van der Waals surface area contributed by atoms with Crippen molar-refractivity contribution in [2.45, 2.75) is 61.5 Å². The van der Waals surface area contributed by atoms with Crippen molar-refractivity contribution in [1.82, 2.24) is 0 Å². The quantitative estimate of drug-likeness (QED) is 0.0700. The highest BCUT2D eigenvalue weighted by atomic mass is 28.3. The molecule has 3 aromatic rings. The van der Waals surface area contributed by atoms with Gasteiger partial charge in [-0.2, -0.15) is 0 Å². The van der Waals surface area contributed by atoms with Crippen LogP contribution < -0.4 is 0 Å². The third-order valence-corrected chi connectivity index (χ3v) is 13.8. The average molecular weight is 552 g/mol. The average Bonchev–Trinajstić information content (AvgIpc) is 2.98. The van der Waals surface area contributed by atoms with Crippen LogP contribution in [0.2, 0.25) is 24.2 Å². The fourth-order valence-corrected chi connectivity index (χ4v) is 10.3. The van der Waals surface area contributed by atoms with Crippen LogP contribution in [0.25, 0.3) is 0 Å². The van der Waals surface area contributed by atoms with E-state index >= 15 is 0 Å². The van der Waals surface area contributed by atoms with Crippen LogP contribution in [0.1, 0.15) is 41.9 Å². The number of allylic oxidation sites excluding steroid dienone is 3. The van der Waals surface area contributed by atoms with Crippen molar-refractivity contribution >= 4 is 8.07 Å². The lowest BCUT2D eigenvalue weighted by molar-refractivity contribution is -0.610. The van der Waals surface area contributed by atoms with E-state index in [4.69, 9.17) is 4.74 Å². The maximum Gasteiger partial charge on any atom is 0.347 e. The number of hydrogen-bond donors (Lipinski definition) is 0. The second-order valence-electron chi connectivity index (χ2n) is 11.6. The summed E-state index contributed by atoms with van der Waals surface area (Å²) in [6, 6.07) is 33.7. The number of hydrogen-bond acceptors (Lipinski definition) is 3. The molecule has 40 heavy (non-hydrogen) atoms. The molecule has 4 rings (SSSR count). The Kier molecular flexibility index (Phi) is 9.39. The molecule has 2 unspecified atom stereocenters. The van der Waals surface area contributed by atoms with Gasteiger partial charge >= 0.3 is 5.72 Å². The van der Waals surface area contributed by atoms with E-state index in [1.165, 1.54) is 23.8 Å². The smallest absolute Gasteiger partial charge is 0.315 e. The van der Waals surface area contributed by atoms with E-state index in [2.05, 4.69) is 111 Å². The summed E-state index contributed by atoms with van der Waals surface area (Å²) in [5, 5.41) is 11.8. The van der Waals surface area contributed by atoms with Gasteiger partial charge in [-0.05, 0) is 41.0 Å². The Bertz CT molecular complexity index is 1300. The van der Waals surface area contributed by atoms with Crippen molar-refractivity contribution in [3.8, 4) is 0 Å². The van der Waals surface area contributed by atoms with Crippen molar-refractivity contribution < 1.29 is 9.66 Å². The van der Waals surface area contributed by atoms with Gasteiger partial charge in [0.05, 0.1) is 19.4 Å². The first-order chi connectivity index (χ1) is 19.3. The van der Waals surface area contributed by atoms with Crippen molar-refractivity contribution in [1.29, 1.82) is 0 Å². The van der Waals surface area contributed by atoms with Crippen LogP contribution in [-0.2, 0) is 11.2 Å². The Balaban J connectivity index is 1.96. The zero-order valence-electron chi connectivity index (χ0n) is 24.0. The number of ether oxygens (including phenoxy) is 1. The molecule has 0 heterocycles.